The molecule has 0 bridgehead atoms. The minimum atomic E-state index is 0.796. The summed E-state index contributed by atoms with van der Waals surface area (Å²) in [7, 11) is 5.44. The average Bonchev–Trinajstić information content (AvgIpc) is 2.74. The monoisotopic (exact) mass is 345 g/mol. The Balaban J connectivity index is 2.43. The van der Waals surface area contributed by atoms with Crippen LogP contribution < -0.4 is 9.47 Å². The van der Waals surface area contributed by atoms with Crippen molar-refractivity contribution < 1.29 is 9.47 Å². The van der Waals surface area contributed by atoms with Crippen LogP contribution in [0.15, 0.2) is 18.3 Å². The zero-order chi connectivity index (χ0) is 12.4. The zero-order valence-electron chi connectivity index (χ0n) is 10.3. The van der Waals surface area contributed by atoms with E-state index >= 15 is 0 Å². The largest absolute Gasteiger partial charge is 0.493 e. The first-order chi connectivity index (χ1) is 8.15. The molecular weight excluding hydrogens is 329 g/mol. The van der Waals surface area contributed by atoms with Gasteiger partial charge in [-0.2, -0.15) is 0 Å². The lowest BCUT2D eigenvalue weighted by atomic mass is 10.1. The molecule has 0 spiro atoms. The van der Waals surface area contributed by atoms with E-state index in [4.69, 9.17) is 9.47 Å². The van der Waals surface area contributed by atoms with Gasteiger partial charge >= 0.3 is 0 Å². The van der Waals surface area contributed by atoms with Crippen LogP contribution in [0.3, 0.4) is 0 Å². The van der Waals surface area contributed by atoms with Gasteiger partial charge in [0.05, 0.1) is 17.8 Å². The molecule has 0 amide bonds. The minimum Gasteiger partial charge on any atom is -0.493 e. The van der Waals surface area contributed by atoms with Gasteiger partial charge in [0.2, 0.25) is 0 Å². The molecule has 0 unspecified atom stereocenters. The van der Waals surface area contributed by atoms with E-state index in [1.807, 2.05) is 6.07 Å². The molecule has 3 nitrogen and oxygen atoms in total. The highest BCUT2D eigenvalue weighted by Crippen LogP contribution is 2.37. The molecule has 0 aliphatic carbocycles. The summed E-state index contributed by atoms with van der Waals surface area (Å²) in [5.41, 5.74) is 2.57. The highest BCUT2D eigenvalue weighted by molar-refractivity contribution is 14.1. The second-order valence-electron chi connectivity index (χ2n) is 4.08. The van der Waals surface area contributed by atoms with Gasteiger partial charge in [0.15, 0.2) is 11.5 Å². The lowest BCUT2D eigenvalue weighted by Crippen LogP contribution is -2.04. The van der Waals surface area contributed by atoms with E-state index in [0.717, 1.165) is 28.0 Å². The Morgan fingerprint density at radius 1 is 1.24 bits per heavy atom. The van der Waals surface area contributed by atoms with Gasteiger partial charge in [0.25, 0.3) is 0 Å². The number of nitrogens with zero attached hydrogens (tertiary/aromatic N) is 1. The first kappa shape index (κ1) is 12.5. The van der Waals surface area contributed by atoms with Crippen LogP contribution in [-0.2, 0) is 0 Å². The first-order valence-corrected chi connectivity index (χ1v) is 6.56. The van der Waals surface area contributed by atoms with Gasteiger partial charge in [-0.1, -0.05) is 0 Å². The zero-order valence-corrected chi connectivity index (χ0v) is 12.4. The standard InChI is InChI=1S/C13H16INO2/c1-15-5-4-9(8-15)10-6-11(14)13(17-3)12(7-10)16-2/h6-8H,4-5H2,1-3H3. The van der Waals surface area contributed by atoms with E-state index in [2.05, 4.69) is 46.8 Å². The van der Waals surface area contributed by atoms with Gasteiger partial charge < -0.3 is 14.4 Å². The Hall–Kier alpha value is -0.910. The Morgan fingerprint density at radius 2 is 2.00 bits per heavy atom. The number of ether oxygens (including phenoxy) is 2. The quantitative estimate of drug-likeness (QED) is 0.787. The second kappa shape index (κ2) is 5.16. The molecule has 0 aromatic heterocycles. The van der Waals surface area contributed by atoms with Gasteiger partial charge in [0.1, 0.15) is 0 Å². The normalized spacial score (nSPS) is 14.8. The molecular formula is C13H16INO2. The summed E-state index contributed by atoms with van der Waals surface area (Å²) < 4.78 is 11.8. The minimum absolute atomic E-state index is 0.796. The van der Waals surface area contributed by atoms with Crippen molar-refractivity contribution >= 4 is 28.2 Å². The molecule has 0 atom stereocenters. The molecule has 17 heavy (non-hydrogen) atoms. The van der Waals surface area contributed by atoms with Crippen molar-refractivity contribution in [1.82, 2.24) is 4.90 Å². The maximum absolute atomic E-state index is 5.37. The van der Waals surface area contributed by atoms with Crippen LogP contribution in [0.25, 0.3) is 5.57 Å². The fourth-order valence-electron chi connectivity index (χ4n) is 2.01. The molecule has 0 fully saturated rings. The molecule has 92 valence electrons. The van der Waals surface area contributed by atoms with E-state index < -0.39 is 0 Å². The predicted octanol–water partition coefficient (Wildman–Crippen LogP) is 2.98. The predicted molar refractivity (Wildman–Crippen MR) is 77.5 cm³/mol. The van der Waals surface area contributed by atoms with Crippen molar-refractivity contribution in [3.8, 4) is 11.5 Å². The van der Waals surface area contributed by atoms with Crippen LogP contribution in [0.4, 0.5) is 0 Å². The van der Waals surface area contributed by atoms with Crippen molar-refractivity contribution in [3.05, 3.63) is 27.5 Å². The summed E-state index contributed by atoms with van der Waals surface area (Å²) in [6, 6.07) is 4.19. The van der Waals surface area contributed by atoms with Crippen LogP contribution in [0.1, 0.15) is 12.0 Å². The van der Waals surface area contributed by atoms with Crippen molar-refractivity contribution in [2.45, 2.75) is 6.42 Å². The Morgan fingerprint density at radius 3 is 2.53 bits per heavy atom. The summed E-state index contributed by atoms with van der Waals surface area (Å²) in [6.07, 6.45) is 3.28. The second-order valence-corrected chi connectivity index (χ2v) is 5.24. The number of rotatable bonds is 3. The third-order valence-corrected chi connectivity index (χ3v) is 3.72. The Bertz CT molecular complexity index is 457. The maximum atomic E-state index is 5.37. The molecule has 1 aliphatic rings. The Labute approximate surface area is 116 Å². The highest BCUT2D eigenvalue weighted by Gasteiger charge is 2.16. The van der Waals surface area contributed by atoms with Crippen molar-refractivity contribution in [3.63, 3.8) is 0 Å². The summed E-state index contributed by atoms with van der Waals surface area (Å²) in [5, 5.41) is 0. The van der Waals surface area contributed by atoms with Crippen LogP contribution in [0, 0.1) is 3.57 Å². The fourth-order valence-corrected chi connectivity index (χ4v) is 2.84. The third kappa shape index (κ3) is 2.51. The van der Waals surface area contributed by atoms with Crippen molar-refractivity contribution in [2.75, 3.05) is 27.8 Å². The summed E-state index contributed by atoms with van der Waals surface area (Å²) in [5.74, 6) is 1.61. The van der Waals surface area contributed by atoms with Gasteiger partial charge in [-0.3, -0.25) is 0 Å². The van der Waals surface area contributed by atoms with E-state index in [1.165, 1.54) is 11.1 Å². The molecule has 0 radical (unpaired) electrons. The topological polar surface area (TPSA) is 21.7 Å². The molecule has 1 aromatic carbocycles. The number of hydrogen-bond donors (Lipinski definition) is 0. The summed E-state index contributed by atoms with van der Waals surface area (Å²) in [4.78, 5) is 2.21. The van der Waals surface area contributed by atoms with Gasteiger partial charge in [-0.25, -0.2) is 0 Å². The molecule has 0 saturated carbocycles. The Kier molecular flexibility index (Phi) is 3.81. The molecule has 2 rings (SSSR count). The lowest BCUT2D eigenvalue weighted by molar-refractivity contribution is 0.353. The molecule has 4 heteroatoms. The van der Waals surface area contributed by atoms with Crippen LogP contribution >= 0.6 is 22.6 Å². The van der Waals surface area contributed by atoms with Gasteiger partial charge in [-0.15, -0.1) is 0 Å². The summed E-state index contributed by atoms with van der Waals surface area (Å²) >= 11 is 2.28. The van der Waals surface area contributed by atoms with E-state index in [0.29, 0.717) is 0 Å². The first-order valence-electron chi connectivity index (χ1n) is 5.48. The number of methoxy groups -OCH3 is 2. The van der Waals surface area contributed by atoms with Crippen molar-refractivity contribution in [2.24, 2.45) is 0 Å². The van der Waals surface area contributed by atoms with E-state index in [-0.39, 0.29) is 0 Å². The molecule has 1 heterocycles. The summed E-state index contributed by atoms with van der Waals surface area (Å²) in [6.45, 7) is 1.08. The smallest absolute Gasteiger partial charge is 0.174 e. The molecule has 1 aromatic rings. The van der Waals surface area contributed by atoms with E-state index in [9.17, 15) is 0 Å². The van der Waals surface area contributed by atoms with E-state index in [1.54, 1.807) is 14.2 Å². The average molecular weight is 345 g/mol. The van der Waals surface area contributed by atoms with Gasteiger partial charge in [0, 0.05) is 19.8 Å². The number of halogens is 1. The maximum Gasteiger partial charge on any atom is 0.174 e. The molecule has 0 N–H and O–H groups in total. The highest BCUT2D eigenvalue weighted by atomic mass is 127. The fraction of sp³-hybridized carbons (Fsp3) is 0.385. The number of benzene rings is 1. The van der Waals surface area contributed by atoms with Gasteiger partial charge in [-0.05, 0) is 52.3 Å². The lowest BCUT2D eigenvalue weighted by Gasteiger charge is -2.12. The molecule has 0 saturated heterocycles. The number of hydrogen-bond acceptors (Lipinski definition) is 3. The van der Waals surface area contributed by atoms with Crippen LogP contribution in [-0.4, -0.2) is 32.7 Å². The van der Waals surface area contributed by atoms with Crippen LogP contribution in [0.2, 0.25) is 0 Å². The van der Waals surface area contributed by atoms with Crippen molar-refractivity contribution in [1.29, 1.82) is 0 Å². The SMILES string of the molecule is COc1cc(C2=CN(C)CC2)cc(I)c1OC. The molecule has 1 aliphatic heterocycles. The third-order valence-electron chi connectivity index (χ3n) is 2.91. The van der Waals surface area contributed by atoms with Crippen LogP contribution in [0.5, 0.6) is 11.5 Å².